The van der Waals surface area contributed by atoms with Gasteiger partial charge in [0.15, 0.2) is 0 Å². The van der Waals surface area contributed by atoms with E-state index in [-0.39, 0.29) is 0 Å². The van der Waals surface area contributed by atoms with Crippen molar-refractivity contribution in [2.75, 3.05) is 4.90 Å². The molecule has 1 heterocycles. The predicted octanol–water partition coefficient (Wildman–Crippen LogP) is 15.6. The van der Waals surface area contributed by atoms with Crippen LogP contribution in [-0.2, 0) is 0 Å². The number of hydrogen-bond donors (Lipinski definition) is 0. The van der Waals surface area contributed by atoms with Crippen LogP contribution in [0.4, 0.5) is 17.1 Å². The van der Waals surface area contributed by atoms with Crippen LogP contribution in [0.2, 0.25) is 0 Å². The minimum Gasteiger partial charge on any atom is -0.310 e. The lowest BCUT2D eigenvalue weighted by Gasteiger charge is -2.26. The Morgan fingerprint density at radius 2 is 0.741 bits per heavy atom. The van der Waals surface area contributed by atoms with E-state index in [1.165, 1.54) is 76.7 Å². The van der Waals surface area contributed by atoms with Crippen LogP contribution >= 0.6 is 0 Å². The van der Waals surface area contributed by atoms with Crippen molar-refractivity contribution in [2.24, 2.45) is 0 Å². The molecule has 1 aromatic heterocycles. The lowest BCUT2D eigenvalue weighted by molar-refractivity contribution is 1.18. The molecular weight excluding hydrogens is 701 g/mol. The minimum atomic E-state index is 1.09. The molecule has 2 nitrogen and oxygen atoms in total. The number of aromatic nitrogens is 1. The van der Waals surface area contributed by atoms with E-state index in [4.69, 9.17) is 0 Å². The third kappa shape index (κ3) is 5.91. The molecule has 0 bridgehead atoms. The molecule has 0 spiro atoms. The molecule has 0 saturated carbocycles. The summed E-state index contributed by atoms with van der Waals surface area (Å²) in [4.78, 5) is 2.39. The van der Waals surface area contributed by atoms with Gasteiger partial charge >= 0.3 is 0 Å². The van der Waals surface area contributed by atoms with Crippen LogP contribution in [-0.4, -0.2) is 4.57 Å². The zero-order valence-electron chi connectivity index (χ0n) is 31.8. The first-order valence-electron chi connectivity index (χ1n) is 19.9. The Morgan fingerprint density at radius 1 is 0.276 bits per heavy atom. The third-order valence-corrected chi connectivity index (χ3v) is 11.6. The molecule has 0 amide bonds. The van der Waals surface area contributed by atoms with Gasteiger partial charge in [-0.05, 0) is 110 Å². The number of anilines is 3. The van der Waals surface area contributed by atoms with Crippen molar-refractivity contribution in [3.05, 3.63) is 231 Å². The van der Waals surface area contributed by atoms with E-state index in [1.807, 2.05) is 0 Å². The van der Waals surface area contributed by atoms with Crippen molar-refractivity contribution in [1.82, 2.24) is 4.57 Å². The Morgan fingerprint density at radius 3 is 1.34 bits per heavy atom. The summed E-state index contributed by atoms with van der Waals surface area (Å²) in [6, 6.07) is 83.7. The average Bonchev–Trinajstić information content (AvgIpc) is 3.64. The molecule has 10 aromatic carbocycles. The largest absolute Gasteiger partial charge is 0.310 e. The molecule has 0 radical (unpaired) electrons. The lowest BCUT2D eigenvalue weighted by atomic mass is 10.00. The summed E-state index contributed by atoms with van der Waals surface area (Å²) in [7, 11) is 0. The van der Waals surface area contributed by atoms with Gasteiger partial charge in [0, 0.05) is 33.5 Å². The van der Waals surface area contributed by atoms with Crippen LogP contribution in [0.3, 0.4) is 0 Å². The Kier molecular flexibility index (Phi) is 8.19. The molecule has 272 valence electrons. The highest BCUT2D eigenvalue weighted by molar-refractivity contribution is 6.22. The number of benzene rings is 10. The lowest BCUT2D eigenvalue weighted by Crippen LogP contribution is -2.10. The normalized spacial score (nSPS) is 11.4. The summed E-state index contributed by atoms with van der Waals surface area (Å²) in [5.41, 5.74) is 14.0. The van der Waals surface area contributed by atoms with Crippen LogP contribution in [0.25, 0.3) is 82.4 Å². The van der Waals surface area contributed by atoms with Gasteiger partial charge in [-0.25, -0.2) is 0 Å². The zero-order valence-corrected chi connectivity index (χ0v) is 31.8. The second-order valence-corrected chi connectivity index (χ2v) is 15.0. The molecule has 0 unspecified atom stereocenters. The van der Waals surface area contributed by atoms with E-state index in [0.717, 1.165) is 22.7 Å². The third-order valence-electron chi connectivity index (χ3n) is 11.6. The highest BCUT2D eigenvalue weighted by atomic mass is 15.1. The number of fused-ring (bicyclic) bond motifs is 6. The van der Waals surface area contributed by atoms with E-state index in [0.29, 0.717) is 0 Å². The molecule has 0 N–H and O–H groups in total. The Balaban J connectivity index is 1.08. The van der Waals surface area contributed by atoms with Gasteiger partial charge in [-0.1, -0.05) is 176 Å². The molecule has 2 heteroatoms. The molecule has 0 atom stereocenters. The summed E-state index contributed by atoms with van der Waals surface area (Å²) >= 11 is 0. The van der Waals surface area contributed by atoms with Crippen LogP contribution in [0, 0.1) is 0 Å². The van der Waals surface area contributed by atoms with E-state index in [1.54, 1.807) is 0 Å². The summed E-state index contributed by atoms with van der Waals surface area (Å²) in [6.45, 7) is 0. The van der Waals surface area contributed by atoms with Crippen molar-refractivity contribution in [1.29, 1.82) is 0 Å². The van der Waals surface area contributed by atoms with Crippen molar-refractivity contribution >= 4 is 60.4 Å². The first kappa shape index (κ1) is 33.6. The van der Waals surface area contributed by atoms with Crippen molar-refractivity contribution in [3.8, 4) is 39.1 Å². The van der Waals surface area contributed by atoms with Crippen LogP contribution in [0.1, 0.15) is 0 Å². The molecule has 0 aliphatic heterocycles. The maximum atomic E-state index is 2.45. The van der Waals surface area contributed by atoms with Gasteiger partial charge in [-0.2, -0.15) is 0 Å². The maximum Gasteiger partial charge on any atom is 0.0562 e. The van der Waals surface area contributed by atoms with Gasteiger partial charge in [0.2, 0.25) is 0 Å². The van der Waals surface area contributed by atoms with Crippen molar-refractivity contribution < 1.29 is 0 Å². The Bertz CT molecular complexity index is 3230. The Hall–Kier alpha value is -7.68. The second kappa shape index (κ2) is 14.1. The van der Waals surface area contributed by atoms with Gasteiger partial charge in [0.25, 0.3) is 0 Å². The fourth-order valence-electron chi connectivity index (χ4n) is 8.68. The van der Waals surface area contributed by atoms with E-state index in [9.17, 15) is 0 Å². The molecule has 0 aliphatic rings. The predicted molar refractivity (Wildman–Crippen MR) is 247 cm³/mol. The molecule has 0 fully saturated rings. The highest BCUT2D eigenvalue weighted by Crippen LogP contribution is 2.42. The van der Waals surface area contributed by atoms with Crippen LogP contribution in [0.15, 0.2) is 231 Å². The summed E-state index contributed by atoms with van der Waals surface area (Å²) < 4.78 is 2.45. The van der Waals surface area contributed by atoms with Crippen molar-refractivity contribution in [3.63, 3.8) is 0 Å². The molecule has 0 saturated heterocycles. The molecule has 11 rings (SSSR count). The van der Waals surface area contributed by atoms with Crippen LogP contribution in [0.5, 0.6) is 0 Å². The SMILES string of the molecule is c1ccc(-c2ccc(-c3ccc(N(c4ccc(-c5ccccc5)cc4)c4ccc5c6c7ccccc7ccc6n(-c6ccc7ccccc7c6)c5c4)cc3)cc2)cc1. The standard InChI is InChI=1S/C56H38N2/c1-3-11-39(12-4-1)42-19-21-43(22-20-42)45-25-31-49(32-26-45)57(48-29-23-44(24-30-48)40-13-5-2-6-14-40)51-34-35-53-55(38-51)58(50-33-27-41-15-7-8-17-47(41)37-50)54-36-28-46-16-9-10-18-52(46)56(53)54/h1-38H. The van der Waals surface area contributed by atoms with E-state index in [2.05, 4.69) is 240 Å². The van der Waals surface area contributed by atoms with Crippen LogP contribution < -0.4 is 4.90 Å². The topological polar surface area (TPSA) is 8.17 Å². The van der Waals surface area contributed by atoms with Crippen molar-refractivity contribution in [2.45, 2.75) is 0 Å². The number of nitrogens with zero attached hydrogens (tertiary/aromatic N) is 2. The second-order valence-electron chi connectivity index (χ2n) is 15.0. The minimum absolute atomic E-state index is 1.09. The van der Waals surface area contributed by atoms with Gasteiger partial charge < -0.3 is 9.47 Å². The van der Waals surface area contributed by atoms with Gasteiger partial charge in [0.05, 0.1) is 11.0 Å². The first-order chi connectivity index (χ1) is 28.7. The van der Waals surface area contributed by atoms with E-state index >= 15 is 0 Å². The van der Waals surface area contributed by atoms with E-state index < -0.39 is 0 Å². The zero-order chi connectivity index (χ0) is 38.4. The van der Waals surface area contributed by atoms with Gasteiger partial charge in [-0.15, -0.1) is 0 Å². The number of hydrogen-bond acceptors (Lipinski definition) is 1. The molecule has 11 aromatic rings. The summed E-state index contributed by atoms with van der Waals surface area (Å²) in [5, 5.41) is 7.47. The van der Waals surface area contributed by atoms with Gasteiger partial charge in [-0.3, -0.25) is 0 Å². The highest BCUT2D eigenvalue weighted by Gasteiger charge is 2.19. The monoisotopic (exact) mass is 738 g/mol. The summed E-state index contributed by atoms with van der Waals surface area (Å²) in [5.74, 6) is 0. The smallest absolute Gasteiger partial charge is 0.0562 e. The molecule has 0 aliphatic carbocycles. The molecule has 58 heavy (non-hydrogen) atoms. The fourth-order valence-corrected chi connectivity index (χ4v) is 8.68. The maximum absolute atomic E-state index is 2.45. The van der Waals surface area contributed by atoms with Gasteiger partial charge in [0.1, 0.15) is 0 Å². The average molecular weight is 739 g/mol. The fraction of sp³-hybridized carbons (Fsp3) is 0. The quantitative estimate of drug-likeness (QED) is 0.158. The Labute approximate surface area is 338 Å². The summed E-state index contributed by atoms with van der Waals surface area (Å²) in [6.07, 6.45) is 0. The first-order valence-corrected chi connectivity index (χ1v) is 19.9. The number of rotatable bonds is 7. The molecular formula is C56H38N2.